The average molecular weight is 505 g/mol. The number of benzene rings is 1. The topological polar surface area (TPSA) is 74.2 Å². The molecule has 2 fully saturated rings. The van der Waals surface area contributed by atoms with Gasteiger partial charge >= 0.3 is 0 Å². The highest BCUT2D eigenvalue weighted by Gasteiger charge is 2.33. The molecular formula is C30H48O6. The van der Waals surface area contributed by atoms with Crippen LogP contribution in [0.5, 0.6) is 0 Å². The normalized spacial score (nSPS) is 28.5. The lowest BCUT2D eigenvalue weighted by Crippen LogP contribution is -2.40. The van der Waals surface area contributed by atoms with Crippen LogP contribution >= 0.6 is 0 Å². The van der Waals surface area contributed by atoms with E-state index >= 15 is 0 Å². The van der Waals surface area contributed by atoms with Gasteiger partial charge in [-0.15, -0.1) is 0 Å². The number of carbonyl (C=O) groups is 1. The summed E-state index contributed by atoms with van der Waals surface area (Å²) in [6.07, 6.45) is 12.7. The fraction of sp³-hybridized carbons (Fsp3) is 0.767. The quantitative estimate of drug-likeness (QED) is 0.227. The number of aldehydes is 1. The van der Waals surface area contributed by atoms with Crippen molar-refractivity contribution < 1.29 is 28.8 Å². The van der Waals surface area contributed by atoms with E-state index in [4.69, 9.17) is 18.9 Å². The zero-order valence-electron chi connectivity index (χ0n) is 22.4. The highest BCUT2D eigenvalue weighted by Crippen LogP contribution is 2.31. The van der Waals surface area contributed by atoms with Crippen molar-refractivity contribution in [3.63, 3.8) is 0 Å². The number of hydrogen-bond donors (Lipinski definition) is 1. The Morgan fingerprint density at radius 3 is 2.42 bits per heavy atom. The third-order valence-corrected chi connectivity index (χ3v) is 7.62. The molecule has 0 saturated carbocycles. The van der Waals surface area contributed by atoms with Gasteiger partial charge in [-0.2, -0.15) is 0 Å². The molecule has 0 aliphatic carbocycles. The Hall–Kier alpha value is -1.31. The molecule has 2 saturated heterocycles. The minimum Gasteiger partial charge on any atom is -0.393 e. The second kappa shape index (κ2) is 16.5. The van der Waals surface area contributed by atoms with Crippen LogP contribution in [0, 0.1) is 0 Å². The number of aliphatic hydroxyl groups is 1. The van der Waals surface area contributed by atoms with Crippen LogP contribution in [-0.2, 0) is 30.3 Å². The summed E-state index contributed by atoms with van der Waals surface area (Å²) in [4.78, 5) is 11.2. The molecule has 2 heterocycles. The summed E-state index contributed by atoms with van der Waals surface area (Å²) in [6, 6.07) is 10.2. The molecule has 36 heavy (non-hydrogen) atoms. The van der Waals surface area contributed by atoms with Crippen LogP contribution in [0.1, 0.15) is 96.0 Å². The van der Waals surface area contributed by atoms with Crippen LogP contribution in [0.3, 0.4) is 0 Å². The molecule has 6 nitrogen and oxygen atoms in total. The van der Waals surface area contributed by atoms with Gasteiger partial charge < -0.3 is 28.8 Å². The second-order valence-corrected chi connectivity index (χ2v) is 10.7. The van der Waals surface area contributed by atoms with Gasteiger partial charge in [0.1, 0.15) is 6.29 Å². The van der Waals surface area contributed by atoms with Crippen LogP contribution in [-0.4, -0.2) is 61.2 Å². The van der Waals surface area contributed by atoms with Crippen molar-refractivity contribution in [2.75, 3.05) is 7.11 Å². The van der Waals surface area contributed by atoms with Gasteiger partial charge in [-0.25, -0.2) is 0 Å². The molecule has 7 atom stereocenters. The smallest absolute Gasteiger partial charge is 0.122 e. The molecule has 0 bridgehead atoms. The number of methoxy groups -OCH3 is 1. The molecule has 0 spiro atoms. The Morgan fingerprint density at radius 2 is 1.69 bits per heavy atom. The predicted molar refractivity (Wildman–Crippen MR) is 141 cm³/mol. The van der Waals surface area contributed by atoms with Crippen LogP contribution in [0.2, 0.25) is 0 Å². The molecule has 204 valence electrons. The fourth-order valence-electron chi connectivity index (χ4n) is 5.66. The number of aliphatic hydroxyl groups excluding tert-OH is 1. The Kier molecular flexibility index (Phi) is 13.4. The Labute approximate surface area is 218 Å². The lowest BCUT2D eigenvalue weighted by molar-refractivity contribution is -0.141. The van der Waals surface area contributed by atoms with Crippen LogP contribution in [0.4, 0.5) is 0 Å². The minimum absolute atomic E-state index is 0.00537. The largest absolute Gasteiger partial charge is 0.393 e. The first-order valence-electron chi connectivity index (χ1n) is 14.2. The van der Waals surface area contributed by atoms with E-state index in [-0.39, 0.29) is 42.7 Å². The van der Waals surface area contributed by atoms with Gasteiger partial charge in [0.25, 0.3) is 0 Å². The first-order chi connectivity index (χ1) is 17.6. The van der Waals surface area contributed by atoms with Crippen molar-refractivity contribution in [1.82, 2.24) is 0 Å². The minimum atomic E-state index is -0.267. The standard InChI is InChI=1S/C30H48O6/c1-3-4-6-12-24(32)17-25-13-9-14-26(35-25)18-28(33-2)20-30-21-29(19-27(36-30)15-16-31)34-22-23-10-7-5-8-11-23/h5,7-8,10-11,16,24-30,32H,3-4,6,9,12-15,17-22H2,1-2H3/t24-,25-,26?,27+,28+,29+,30?/m0/s1. The average Bonchev–Trinajstić information content (AvgIpc) is 2.88. The van der Waals surface area contributed by atoms with E-state index in [9.17, 15) is 9.90 Å². The van der Waals surface area contributed by atoms with Crippen molar-refractivity contribution in [2.24, 2.45) is 0 Å². The van der Waals surface area contributed by atoms with Gasteiger partial charge in [0.2, 0.25) is 0 Å². The molecule has 0 aromatic heterocycles. The van der Waals surface area contributed by atoms with Gasteiger partial charge in [-0.1, -0.05) is 56.5 Å². The Morgan fingerprint density at radius 1 is 1.00 bits per heavy atom. The van der Waals surface area contributed by atoms with Crippen LogP contribution in [0.25, 0.3) is 0 Å². The van der Waals surface area contributed by atoms with Crippen molar-refractivity contribution in [3.8, 4) is 0 Å². The maximum atomic E-state index is 11.2. The lowest BCUT2D eigenvalue weighted by Gasteiger charge is -2.37. The van der Waals surface area contributed by atoms with Gasteiger partial charge in [-0.3, -0.25) is 0 Å². The third kappa shape index (κ3) is 10.6. The van der Waals surface area contributed by atoms with E-state index in [0.29, 0.717) is 13.0 Å². The monoisotopic (exact) mass is 504 g/mol. The molecule has 6 heteroatoms. The molecule has 0 radical (unpaired) electrons. The maximum Gasteiger partial charge on any atom is 0.122 e. The number of rotatable bonds is 16. The number of ether oxygens (including phenoxy) is 4. The first-order valence-corrected chi connectivity index (χ1v) is 14.2. The summed E-state index contributed by atoms with van der Waals surface area (Å²) in [5.41, 5.74) is 1.15. The molecule has 0 amide bonds. The van der Waals surface area contributed by atoms with Crippen molar-refractivity contribution in [1.29, 1.82) is 0 Å². The summed E-state index contributed by atoms with van der Waals surface area (Å²) in [5, 5.41) is 10.4. The summed E-state index contributed by atoms with van der Waals surface area (Å²) >= 11 is 0. The molecule has 2 aliphatic heterocycles. The summed E-state index contributed by atoms with van der Waals surface area (Å²) < 4.78 is 24.8. The van der Waals surface area contributed by atoms with E-state index in [0.717, 1.165) is 76.1 Å². The van der Waals surface area contributed by atoms with E-state index in [2.05, 4.69) is 19.1 Å². The van der Waals surface area contributed by atoms with Crippen LogP contribution < -0.4 is 0 Å². The number of carbonyl (C=O) groups excluding carboxylic acids is 1. The van der Waals surface area contributed by atoms with Gasteiger partial charge in [0.15, 0.2) is 0 Å². The molecular weight excluding hydrogens is 456 g/mol. The van der Waals surface area contributed by atoms with Gasteiger partial charge in [0, 0.05) is 20.0 Å². The van der Waals surface area contributed by atoms with Gasteiger partial charge in [-0.05, 0) is 56.9 Å². The zero-order valence-corrected chi connectivity index (χ0v) is 22.4. The molecule has 1 N–H and O–H groups in total. The highest BCUT2D eigenvalue weighted by molar-refractivity contribution is 5.50. The fourth-order valence-corrected chi connectivity index (χ4v) is 5.66. The van der Waals surface area contributed by atoms with Crippen molar-refractivity contribution >= 4 is 6.29 Å². The lowest BCUT2D eigenvalue weighted by atomic mass is 9.92. The second-order valence-electron chi connectivity index (χ2n) is 10.7. The van der Waals surface area contributed by atoms with E-state index in [1.165, 1.54) is 12.8 Å². The van der Waals surface area contributed by atoms with E-state index in [1.54, 1.807) is 7.11 Å². The molecule has 1 aromatic carbocycles. The number of hydrogen-bond acceptors (Lipinski definition) is 6. The maximum absolute atomic E-state index is 11.2. The Balaban J connectivity index is 1.47. The van der Waals surface area contributed by atoms with E-state index in [1.807, 2.05) is 18.2 Å². The zero-order chi connectivity index (χ0) is 25.6. The third-order valence-electron chi connectivity index (χ3n) is 7.62. The molecule has 1 aromatic rings. The molecule has 2 aliphatic rings. The Bertz CT molecular complexity index is 713. The summed E-state index contributed by atoms with van der Waals surface area (Å²) in [6.45, 7) is 2.76. The predicted octanol–water partition coefficient (Wildman–Crippen LogP) is 5.77. The number of unbranched alkanes of at least 4 members (excludes halogenated alkanes) is 2. The molecule has 2 unspecified atom stereocenters. The highest BCUT2D eigenvalue weighted by atomic mass is 16.5. The summed E-state index contributed by atoms with van der Waals surface area (Å²) in [7, 11) is 1.76. The van der Waals surface area contributed by atoms with Crippen molar-refractivity contribution in [2.45, 2.75) is 140 Å². The van der Waals surface area contributed by atoms with Crippen molar-refractivity contribution in [3.05, 3.63) is 35.9 Å². The van der Waals surface area contributed by atoms with E-state index < -0.39 is 0 Å². The SMILES string of the molecule is CCCCC[C@H](O)C[C@@H]1CCCC(C[C@H](CC2C[C@H](OCc3ccccc3)C[C@@H](CC=O)O2)OC)O1. The molecule has 3 rings (SSSR count). The van der Waals surface area contributed by atoms with Gasteiger partial charge in [0.05, 0.1) is 49.3 Å². The van der Waals surface area contributed by atoms with Crippen LogP contribution in [0.15, 0.2) is 30.3 Å². The first kappa shape index (κ1) is 29.2. The summed E-state index contributed by atoms with van der Waals surface area (Å²) in [5.74, 6) is 0.